The second kappa shape index (κ2) is 7.54. The summed E-state index contributed by atoms with van der Waals surface area (Å²) in [5, 5.41) is 2.82. The number of oxazole rings is 1. The molecule has 0 saturated heterocycles. The molecule has 26 heavy (non-hydrogen) atoms. The van der Waals surface area contributed by atoms with Gasteiger partial charge in [-0.1, -0.05) is 42.5 Å². The minimum absolute atomic E-state index is 0.000889. The molecule has 1 N–H and O–H groups in total. The van der Waals surface area contributed by atoms with E-state index in [0.29, 0.717) is 23.8 Å². The van der Waals surface area contributed by atoms with E-state index in [1.807, 2.05) is 54.6 Å². The molecule has 1 aliphatic carbocycles. The number of hydrogen-bond acceptors (Lipinski definition) is 4. The van der Waals surface area contributed by atoms with Gasteiger partial charge >= 0.3 is 0 Å². The first-order chi connectivity index (χ1) is 12.8. The summed E-state index contributed by atoms with van der Waals surface area (Å²) in [6.07, 6.45) is 6.15. The van der Waals surface area contributed by atoms with Crippen molar-refractivity contribution in [2.24, 2.45) is 0 Å². The Labute approximate surface area is 151 Å². The molecule has 132 valence electrons. The molecule has 0 radical (unpaired) electrons. The first-order valence-corrected chi connectivity index (χ1v) is 8.77. The number of aromatic nitrogens is 1. The van der Waals surface area contributed by atoms with Crippen molar-refractivity contribution in [1.29, 1.82) is 0 Å². The van der Waals surface area contributed by atoms with E-state index in [9.17, 15) is 4.79 Å². The van der Waals surface area contributed by atoms with E-state index in [0.717, 1.165) is 29.8 Å². The lowest BCUT2D eigenvalue weighted by molar-refractivity contribution is -0.120. The Bertz CT molecular complexity index is 927. The summed E-state index contributed by atoms with van der Waals surface area (Å²) in [5.41, 5.74) is 3.32. The Morgan fingerprint density at radius 2 is 2.08 bits per heavy atom. The Morgan fingerprint density at radius 3 is 2.88 bits per heavy atom. The summed E-state index contributed by atoms with van der Waals surface area (Å²) < 4.78 is 11.2. The number of nitrogens with zero attached hydrogens (tertiary/aromatic N) is 1. The average Bonchev–Trinajstić information content (AvgIpc) is 3.42. The highest BCUT2D eigenvalue weighted by molar-refractivity contribution is 5.93. The van der Waals surface area contributed by atoms with Gasteiger partial charge < -0.3 is 14.5 Å². The van der Waals surface area contributed by atoms with Gasteiger partial charge in [-0.3, -0.25) is 4.79 Å². The number of anilines is 1. The molecule has 2 aromatic carbocycles. The molecule has 1 amide bonds. The van der Waals surface area contributed by atoms with E-state index in [4.69, 9.17) is 9.15 Å². The van der Waals surface area contributed by atoms with E-state index in [1.54, 1.807) is 6.07 Å². The second-order valence-electron chi connectivity index (χ2n) is 6.39. The van der Waals surface area contributed by atoms with Crippen molar-refractivity contribution in [2.75, 3.05) is 18.5 Å². The van der Waals surface area contributed by atoms with Gasteiger partial charge in [-0.05, 0) is 30.5 Å². The van der Waals surface area contributed by atoms with Gasteiger partial charge in [-0.25, -0.2) is 4.98 Å². The van der Waals surface area contributed by atoms with Crippen molar-refractivity contribution in [2.45, 2.75) is 18.8 Å². The molecule has 4 rings (SSSR count). The van der Waals surface area contributed by atoms with Crippen molar-refractivity contribution in [3.05, 3.63) is 66.1 Å². The van der Waals surface area contributed by atoms with Gasteiger partial charge in [0.1, 0.15) is 12.1 Å². The first kappa shape index (κ1) is 16.5. The zero-order valence-electron chi connectivity index (χ0n) is 14.4. The number of carbonyl (C=O) groups is 1. The summed E-state index contributed by atoms with van der Waals surface area (Å²) in [6.45, 7) is 0.384. The zero-order valence-corrected chi connectivity index (χ0v) is 14.4. The smallest absolute Gasteiger partial charge is 0.250 e. The predicted octanol–water partition coefficient (Wildman–Crippen LogP) is 4.37. The van der Waals surface area contributed by atoms with E-state index in [1.165, 1.54) is 0 Å². The van der Waals surface area contributed by atoms with Crippen LogP contribution in [0.25, 0.3) is 17.2 Å². The molecule has 0 aliphatic heterocycles. The molecule has 5 heteroatoms. The minimum Gasteiger partial charge on any atom is -0.440 e. The van der Waals surface area contributed by atoms with E-state index >= 15 is 0 Å². The first-order valence-electron chi connectivity index (χ1n) is 8.77. The fraction of sp³-hybridized carbons (Fsp3) is 0.238. The third-order valence-electron chi connectivity index (χ3n) is 4.17. The van der Waals surface area contributed by atoms with Gasteiger partial charge in [0.25, 0.3) is 0 Å². The maximum absolute atomic E-state index is 12.0. The zero-order chi connectivity index (χ0) is 17.8. The van der Waals surface area contributed by atoms with Crippen LogP contribution in [0.4, 0.5) is 5.69 Å². The molecule has 1 fully saturated rings. The Hall–Kier alpha value is -2.92. The number of ether oxygens (including phenoxy) is 1. The third kappa shape index (κ3) is 4.18. The van der Waals surface area contributed by atoms with Crippen LogP contribution in [-0.2, 0) is 9.53 Å². The largest absolute Gasteiger partial charge is 0.440 e. The van der Waals surface area contributed by atoms with Crippen LogP contribution in [0.1, 0.15) is 30.2 Å². The molecule has 5 nitrogen and oxygen atoms in total. The summed E-state index contributed by atoms with van der Waals surface area (Å²) in [7, 11) is 0. The number of nitrogens with one attached hydrogen (secondary N) is 1. The van der Waals surface area contributed by atoms with Crippen molar-refractivity contribution >= 4 is 28.8 Å². The SMILES string of the molecule is O=C(COCC=Cc1ccccc1)Nc1ccc2nc(C3CC3)oc2c1. The van der Waals surface area contributed by atoms with Gasteiger partial charge in [0, 0.05) is 17.7 Å². The Kier molecular flexibility index (Phi) is 4.80. The number of hydrogen-bond donors (Lipinski definition) is 1. The van der Waals surface area contributed by atoms with E-state index in [-0.39, 0.29) is 12.5 Å². The summed E-state index contributed by atoms with van der Waals surface area (Å²) in [6, 6.07) is 15.5. The maximum atomic E-state index is 12.0. The molecule has 1 aromatic heterocycles. The second-order valence-corrected chi connectivity index (χ2v) is 6.39. The van der Waals surface area contributed by atoms with Crippen LogP contribution in [0.5, 0.6) is 0 Å². The lowest BCUT2D eigenvalue weighted by atomic mass is 10.2. The standard InChI is InChI=1S/C21H20N2O3/c24-20(14-25-12-4-7-15-5-2-1-3-6-15)22-17-10-11-18-19(13-17)26-21(23-18)16-8-9-16/h1-7,10-11,13,16H,8-9,12,14H2,(H,22,24). The molecule has 0 atom stereocenters. The fourth-order valence-corrected chi connectivity index (χ4v) is 2.69. The highest BCUT2D eigenvalue weighted by Gasteiger charge is 2.28. The lowest BCUT2D eigenvalue weighted by Crippen LogP contribution is -2.18. The Balaban J connectivity index is 1.26. The van der Waals surface area contributed by atoms with Crippen LogP contribution < -0.4 is 5.32 Å². The number of rotatable bonds is 7. The van der Waals surface area contributed by atoms with Crippen LogP contribution in [0.2, 0.25) is 0 Å². The molecule has 1 aliphatic rings. The fourth-order valence-electron chi connectivity index (χ4n) is 2.69. The molecule has 0 bridgehead atoms. The number of carbonyl (C=O) groups excluding carboxylic acids is 1. The third-order valence-corrected chi connectivity index (χ3v) is 4.17. The van der Waals surface area contributed by atoms with Gasteiger partial charge in [-0.15, -0.1) is 0 Å². The molecule has 1 heterocycles. The van der Waals surface area contributed by atoms with Crippen LogP contribution in [0, 0.1) is 0 Å². The Morgan fingerprint density at radius 1 is 1.23 bits per heavy atom. The summed E-state index contributed by atoms with van der Waals surface area (Å²) >= 11 is 0. The molecule has 0 spiro atoms. The van der Waals surface area contributed by atoms with Crippen LogP contribution in [0.15, 0.2) is 59.0 Å². The van der Waals surface area contributed by atoms with Crippen molar-refractivity contribution in [1.82, 2.24) is 4.98 Å². The average molecular weight is 348 g/mol. The molecule has 0 unspecified atom stereocenters. The molecule has 1 saturated carbocycles. The van der Waals surface area contributed by atoms with E-state index < -0.39 is 0 Å². The summed E-state index contributed by atoms with van der Waals surface area (Å²) in [5.74, 6) is 1.08. The van der Waals surface area contributed by atoms with Gasteiger partial charge in [0.2, 0.25) is 5.91 Å². The van der Waals surface area contributed by atoms with Crippen LogP contribution in [-0.4, -0.2) is 24.1 Å². The lowest BCUT2D eigenvalue weighted by Gasteiger charge is -2.04. The minimum atomic E-state index is -0.195. The number of benzene rings is 2. The quantitative estimate of drug-likeness (QED) is 0.644. The predicted molar refractivity (Wildman–Crippen MR) is 101 cm³/mol. The number of amides is 1. The van der Waals surface area contributed by atoms with Crippen molar-refractivity contribution in [3.8, 4) is 0 Å². The monoisotopic (exact) mass is 348 g/mol. The molecular formula is C21H20N2O3. The van der Waals surface area contributed by atoms with E-state index in [2.05, 4.69) is 10.3 Å². The van der Waals surface area contributed by atoms with Gasteiger partial charge in [0.05, 0.1) is 6.61 Å². The van der Waals surface area contributed by atoms with Crippen molar-refractivity contribution < 1.29 is 13.9 Å². The topological polar surface area (TPSA) is 64.4 Å². The number of fused-ring (bicyclic) bond motifs is 1. The highest BCUT2D eigenvalue weighted by Crippen LogP contribution is 2.40. The molecule has 3 aromatic rings. The molecular weight excluding hydrogens is 328 g/mol. The van der Waals surface area contributed by atoms with Gasteiger partial charge in [0.15, 0.2) is 11.5 Å². The van der Waals surface area contributed by atoms with Crippen LogP contribution >= 0.6 is 0 Å². The van der Waals surface area contributed by atoms with Gasteiger partial charge in [-0.2, -0.15) is 0 Å². The summed E-state index contributed by atoms with van der Waals surface area (Å²) in [4.78, 5) is 16.5. The van der Waals surface area contributed by atoms with Crippen molar-refractivity contribution in [3.63, 3.8) is 0 Å². The van der Waals surface area contributed by atoms with Crippen LogP contribution in [0.3, 0.4) is 0 Å². The highest BCUT2D eigenvalue weighted by atomic mass is 16.5. The normalized spacial score (nSPS) is 14.2. The maximum Gasteiger partial charge on any atom is 0.250 e.